The summed E-state index contributed by atoms with van der Waals surface area (Å²) in [6.45, 7) is 7.59. The number of carbonyl (C=O) groups is 1. The summed E-state index contributed by atoms with van der Waals surface area (Å²) >= 11 is 13.4. The highest BCUT2D eigenvalue weighted by Crippen LogP contribution is 2.32. The van der Waals surface area contributed by atoms with Crippen LogP contribution in [0, 0.1) is 0 Å². The number of hydrogen-bond donors (Lipinski definition) is 0. The molecule has 2 aromatic carbocycles. The molecule has 2 aromatic heterocycles. The zero-order valence-electron chi connectivity index (χ0n) is 22.2. The third-order valence-corrected chi connectivity index (χ3v) is 7.91. The van der Waals surface area contributed by atoms with Gasteiger partial charge in [0.15, 0.2) is 4.80 Å². The number of hydrogen-bond acceptors (Lipinski definition) is 7. The zero-order valence-corrected chi connectivity index (χ0v) is 24.6. The Morgan fingerprint density at radius 3 is 2.55 bits per heavy atom. The summed E-state index contributed by atoms with van der Waals surface area (Å²) in [5.74, 6) is 1.25. The molecular formula is C30H26Cl2N2O5S. The highest BCUT2D eigenvalue weighted by Gasteiger charge is 2.33. The zero-order chi connectivity index (χ0) is 28.6. The second-order valence-corrected chi connectivity index (χ2v) is 11.2. The molecular weight excluding hydrogens is 571 g/mol. The average molecular weight is 598 g/mol. The van der Waals surface area contributed by atoms with Gasteiger partial charge in [-0.2, -0.15) is 0 Å². The fourth-order valence-corrected chi connectivity index (χ4v) is 5.80. The summed E-state index contributed by atoms with van der Waals surface area (Å²) in [5.41, 5.74) is 2.02. The lowest BCUT2D eigenvalue weighted by molar-refractivity contribution is -0.139. The molecule has 4 aromatic rings. The fraction of sp³-hybridized carbons (Fsp3) is 0.233. The number of carbonyl (C=O) groups excluding carboxylic acids is 1. The molecule has 0 aliphatic carbocycles. The molecule has 0 fully saturated rings. The number of thiazole rings is 1. The Morgan fingerprint density at radius 1 is 1.12 bits per heavy atom. The van der Waals surface area contributed by atoms with Crippen molar-refractivity contribution in [1.82, 2.24) is 4.57 Å². The SMILES string of the molecule is CCOC(=O)C1=C(C)N=c2s/c(=C\c3ccc(-c4ccc(Cl)c(Cl)c4)o3)c(=O)n2[C@@H]1c1ccc(OC(C)C)cc1. The lowest BCUT2D eigenvalue weighted by Gasteiger charge is -2.25. The Labute approximate surface area is 244 Å². The third-order valence-electron chi connectivity index (χ3n) is 6.19. The highest BCUT2D eigenvalue weighted by atomic mass is 35.5. The van der Waals surface area contributed by atoms with Crippen LogP contribution in [-0.2, 0) is 9.53 Å². The molecule has 3 heterocycles. The van der Waals surface area contributed by atoms with Crippen LogP contribution < -0.4 is 19.6 Å². The van der Waals surface area contributed by atoms with Crippen LogP contribution >= 0.6 is 34.5 Å². The number of esters is 1. The molecule has 0 saturated carbocycles. The van der Waals surface area contributed by atoms with Gasteiger partial charge in [0.05, 0.1) is 44.6 Å². The number of nitrogens with zero attached hydrogens (tertiary/aromatic N) is 2. The second-order valence-electron chi connectivity index (χ2n) is 9.37. The molecule has 0 unspecified atom stereocenters. The van der Waals surface area contributed by atoms with E-state index >= 15 is 0 Å². The average Bonchev–Trinajstić information content (AvgIpc) is 3.49. The van der Waals surface area contributed by atoms with Gasteiger partial charge in [0, 0.05) is 11.6 Å². The van der Waals surface area contributed by atoms with E-state index in [0.29, 0.717) is 47.9 Å². The molecule has 7 nitrogen and oxygen atoms in total. The van der Waals surface area contributed by atoms with Crippen LogP contribution in [0.25, 0.3) is 17.4 Å². The number of fused-ring (bicyclic) bond motifs is 1. The first-order valence-corrected chi connectivity index (χ1v) is 14.2. The molecule has 0 spiro atoms. The number of benzene rings is 2. The minimum absolute atomic E-state index is 0.0135. The number of allylic oxidation sites excluding steroid dienone is 1. The monoisotopic (exact) mass is 596 g/mol. The number of aromatic nitrogens is 1. The first-order chi connectivity index (χ1) is 19.2. The normalized spacial score (nSPS) is 15.3. The van der Waals surface area contributed by atoms with Crippen molar-refractivity contribution in [1.29, 1.82) is 0 Å². The lowest BCUT2D eigenvalue weighted by atomic mass is 9.96. The van der Waals surface area contributed by atoms with E-state index in [0.717, 1.165) is 11.1 Å². The van der Waals surface area contributed by atoms with Crippen LogP contribution in [0.1, 0.15) is 45.1 Å². The number of rotatable bonds is 7. The largest absolute Gasteiger partial charge is 0.491 e. The topological polar surface area (TPSA) is 83.0 Å². The molecule has 0 radical (unpaired) electrons. The minimum atomic E-state index is -0.714. The smallest absolute Gasteiger partial charge is 0.338 e. The van der Waals surface area contributed by atoms with Crippen molar-refractivity contribution in [3.63, 3.8) is 0 Å². The van der Waals surface area contributed by atoms with Gasteiger partial charge in [-0.25, -0.2) is 9.79 Å². The maximum absolute atomic E-state index is 13.8. The Kier molecular flexibility index (Phi) is 8.03. The maximum Gasteiger partial charge on any atom is 0.338 e. The summed E-state index contributed by atoms with van der Waals surface area (Å²) in [6.07, 6.45) is 1.68. The molecule has 0 saturated heterocycles. The van der Waals surface area contributed by atoms with E-state index in [1.807, 2.05) is 44.2 Å². The van der Waals surface area contributed by atoms with E-state index in [4.69, 9.17) is 37.1 Å². The van der Waals surface area contributed by atoms with Gasteiger partial charge in [0.1, 0.15) is 17.3 Å². The number of halogens is 2. The fourth-order valence-electron chi connectivity index (χ4n) is 4.47. The Hall–Kier alpha value is -3.59. The van der Waals surface area contributed by atoms with E-state index in [1.165, 1.54) is 15.9 Å². The second kappa shape index (κ2) is 11.5. The first kappa shape index (κ1) is 28.0. The van der Waals surface area contributed by atoms with Crippen molar-refractivity contribution >= 4 is 46.6 Å². The van der Waals surface area contributed by atoms with Crippen LogP contribution in [0.15, 0.2) is 80.1 Å². The van der Waals surface area contributed by atoms with E-state index in [1.54, 1.807) is 44.2 Å². The maximum atomic E-state index is 13.8. The standard InChI is InChI=1S/C30H26Cl2N2O5S/c1-5-37-29(36)26-17(4)33-30-34(27(26)18-6-9-20(10-7-18)38-16(2)3)28(35)25(40-30)15-21-11-13-24(39-21)19-8-12-22(31)23(32)14-19/h6-16,27H,5H2,1-4H3/b25-15-/t27-/m1/s1. The van der Waals surface area contributed by atoms with Crippen molar-refractivity contribution in [2.45, 2.75) is 39.8 Å². The van der Waals surface area contributed by atoms with Crippen molar-refractivity contribution in [3.8, 4) is 17.1 Å². The predicted molar refractivity (Wildman–Crippen MR) is 157 cm³/mol. The van der Waals surface area contributed by atoms with E-state index in [2.05, 4.69) is 4.99 Å². The van der Waals surface area contributed by atoms with Crippen LogP contribution in [-0.4, -0.2) is 23.2 Å². The van der Waals surface area contributed by atoms with Crippen LogP contribution in [0.4, 0.5) is 0 Å². The molecule has 0 amide bonds. The van der Waals surface area contributed by atoms with Crippen LogP contribution in [0.3, 0.4) is 0 Å². The van der Waals surface area contributed by atoms with Crippen molar-refractivity contribution in [3.05, 3.63) is 107 Å². The van der Waals surface area contributed by atoms with Crippen LogP contribution in [0.2, 0.25) is 10.0 Å². The number of ether oxygens (including phenoxy) is 2. The Bertz CT molecular complexity index is 1800. The van der Waals surface area contributed by atoms with Gasteiger partial charge in [-0.15, -0.1) is 0 Å². The summed E-state index contributed by atoms with van der Waals surface area (Å²) in [7, 11) is 0. The van der Waals surface area contributed by atoms with Gasteiger partial charge in [-0.1, -0.05) is 46.7 Å². The van der Waals surface area contributed by atoms with Crippen molar-refractivity contribution in [2.75, 3.05) is 6.61 Å². The van der Waals surface area contributed by atoms with Gasteiger partial charge < -0.3 is 13.9 Å². The van der Waals surface area contributed by atoms with Crippen molar-refractivity contribution in [2.24, 2.45) is 4.99 Å². The summed E-state index contributed by atoms with van der Waals surface area (Å²) in [4.78, 5) is 32.0. The van der Waals surface area contributed by atoms with Gasteiger partial charge in [-0.3, -0.25) is 9.36 Å². The first-order valence-electron chi connectivity index (χ1n) is 12.7. The van der Waals surface area contributed by atoms with Gasteiger partial charge >= 0.3 is 5.97 Å². The third kappa shape index (κ3) is 5.52. The van der Waals surface area contributed by atoms with Gasteiger partial charge in [-0.05, 0) is 75.7 Å². The molecule has 40 heavy (non-hydrogen) atoms. The van der Waals surface area contributed by atoms with Crippen LogP contribution in [0.5, 0.6) is 5.75 Å². The Morgan fingerprint density at radius 2 is 1.88 bits per heavy atom. The predicted octanol–water partition coefficient (Wildman–Crippen LogP) is 6.15. The van der Waals surface area contributed by atoms with Crippen molar-refractivity contribution < 1.29 is 18.7 Å². The van der Waals surface area contributed by atoms with E-state index in [-0.39, 0.29) is 18.3 Å². The van der Waals surface area contributed by atoms with Gasteiger partial charge in [0.25, 0.3) is 5.56 Å². The summed E-state index contributed by atoms with van der Waals surface area (Å²) in [5, 5.41) is 0.870. The summed E-state index contributed by atoms with van der Waals surface area (Å²) in [6, 6.07) is 15.5. The molecule has 206 valence electrons. The molecule has 1 aliphatic heterocycles. The number of furan rings is 1. The minimum Gasteiger partial charge on any atom is -0.491 e. The molecule has 0 bridgehead atoms. The van der Waals surface area contributed by atoms with E-state index in [9.17, 15) is 9.59 Å². The summed E-state index contributed by atoms with van der Waals surface area (Å²) < 4.78 is 19.1. The van der Waals surface area contributed by atoms with E-state index < -0.39 is 12.0 Å². The molecule has 1 atom stereocenters. The molecule has 10 heteroatoms. The Balaban J connectivity index is 1.60. The quantitative estimate of drug-likeness (QED) is 0.239. The van der Waals surface area contributed by atoms with Gasteiger partial charge in [0.2, 0.25) is 0 Å². The lowest BCUT2D eigenvalue weighted by Crippen LogP contribution is -2.39. The molecule has 5 rings (SSSR count). The highest BCUT2D eigenvalue weighted by molar-refractivity contribution is 7.07. The molecule has 1 aliphatic rings. The molecule has 0 N–H and O–H groups in total.